The van der Waals surface area contributed by atoms with Crippen LogP contribution in [0.1, 0.15) is 28.3 Å². The van der Waals surface area contributed by atoms with Gasteiger partial charge >= 0.3 is 6.36 Å². The summed E-state index contributed by atoms with van der Waals surface area (Å²) in [6, 6.07) is 8.16. The molecule has 1 unspecified atom stereocenters. The van der Waals surface area contributed by atoms with Crippen LogP contribution in [0.3, 0.4) is 0 Å². The number of benzene rings is 1. The van der Waals surface area contributed by atoms with E-state index in [9.17, 15) is 18.0 Å². The molecule has 30 heavy (non-hydrogen) atoms. The van der Waals surface area contributed by atoms with Gasteiger partial charge in [0.25, 0.3) is 5.91 Å². The number of nitrogens with zero attached hydrogens (tertiary/aromatic N) is 3. The van der Waals surface area contributed by atoms with Gasteiger partial charge in [-0.1, -0.05) is 6.07 Å². The number of ether oxygens (including phenoxy) is 2. The summed E-state index contributed by atoms with van der Waals surface area (Å²) in [5.41, 5.74) is 1.50. The largest absolute Gasteiger partial charge is 0.573 e. The van der Waals surface area contributed by atoms with Crippen molar-refractivity contribution in [2.45, 2.75) is 18.7 Å². The van der Waals surface area contributed by atoms with Gasteiger partial charge in [0.1, 0.15) is 5.75 Å². The summed E-state index contributed by atoms with van der Waals surface area (Å²) < 4.78 is 48.6. The molecule has 4 rings (SSSR count). The Bertz CT molecular complexity index is 886. The van der Waals surface area contributed by atoms with Crippen LogP contribution in [0.4, 0.5) is 18.9 Å². The van der Waals surface area contributed by atoms with Crippen LogP contribution in [-0.2, 0) is 4.74 Å². The Balaban J connectivity index is 1.56. The summed E-state index contributed by atoms with van der Waals surface area (Å²) in [6.07, 6.45) is -0.715. The monoisotopic (exact) mass is 421 g/mol. The topological polar surface area (TPSA) is 54.9 Å². The second-order valence-corrected chi connectivity index (χ2v) is 7.35. The van der Waals surface area contributed by atoms with E-state index in [1.807, 2.05) is 17.0 Å². The number of likely N-dealkylation sites (tertiary alicyclic amines) is 1. The maximum atomic E-state index is 13.0. The van der Waals surface area contributed by atoms with Crippen molar-refractivity contribution in [3.63, 3.8) is 0 Å². The van der Waals surface area contributed by atoms with Gasteiger partial charge in [-0.2, -0.15) is 0 Å². The molecule has 0 spiro atoms. The van der Waals surface area contributed by atoms with Crippen molar-refractivity contribution in [1.29, 1.82) is 0 Å². The Kier molecular flexibility index (Phi) is 5.80. The molecular weight excluding hydrogens is 399 g/mol. The van der Waals surface area contributed by atoms with Crippen LogP contribution < -0.4 is 9.64 Å². The number of morpholine rings is 1. The van der Waals surface area contributed by atoms with Gasteiger partial charge in [-0.3, -0.25) is 9.78 Å². The molecule has 0 aliphatic carbocycles. The molecule has 2 fully saturated rings. The predicted molar refractivity (Wildman–Crippen MR) is 104 cm³/mol. The fourth-order valence-corrected chi connectivity index (χ4v) is 3.92. The maximum Gasteiger partial charge on any atom is 0.573 e. The van der Waals surface area contributed by atoms with E-state index < -0.39 is 18.0 Å². The van der Waals surface area contributed by atoms with Crippen LogP contribution in [0, 0.1) is 0 Å². The minimum Gasteiger partial charge on any atom is -0.405 e. The Morgan fingerprint density at radius 3 is 2.67 bits per heavy atom. The molecule has 1 aromatic carbocycles. The fraction of sp³-hybridized carbons (Fsp3) is 0.429. The summed E-state index contributed by atoms with van der Waals surface area (Å²) in [5, 5.41) is 0. The lowest BCUT2D eigenvalue weighted by molar-refractivity contribution is -0.274. The Morgan fingerprint density at radius 1 is 1.17 bits per heavy atom. The normalized spacial score (nSPS) is 19.8. The van der Waals surface area contributed by atoms with Crippen LogP contribution in [-0.4, -0.2) is 61.5 Å². The number of amides is 1. The third-order valence-electron chi connectivity index (χ3n) is 5.43. The first kappa shape index (κ1) is 20.5. The molecule has 0 N–H and O–H groups in total. The van der Waals surface area contributed by atoms with Gasteiger partial charge in [-0.15, -0.1) is 13.2 Å². The van der Waals surface area contributed by atoms with Gasteiger partial charge in [0.05, 0.1) is 18.8 Å². The van der Waals surface area contributed by atoms with Gasteiger partial charge in [-0.05, 0) is 30.2 Å². The fourth-order valence-electron chi connectivity index (χ4n) is 3.92. The van der Waals surface area contributed by atoms with E-state index in [1.165, 1.54) is 12.1 Å². The number of anilines is 1. The summed E-state index contributed by atoms with van der Waals surface area (Å²) in [5.74, 6) is -0.822. The highest BCUT2D eigenvalue weighted by atomic mass is 19.4. The van der Waals surface area contributed by atoms with Crippen molar-refractivity contribution in [2.75, 3.05) is 44.3 Å². The van der Waals surface area contributed by atoms with E-state index >= 15 is 0 Å². The minimum absolute atomic E-state index is 0.0869. The molecule has 0 radical (unpaired) electrons. The molecule has 1 amide bonds. The average Bonchev–Trinajstić information content (AvgIpc) is 3.24. The Labute approximate surface area is 172 Å². The first-order chi connectivity index (χ1) is 14.4. The van der Waals surface area contributed by atoms with Gasteiger partial charge < -0.3 is 19.3 Å². The van der Waals surface area contributed by atoms with Gasteiger partial charge in [0, 0.05) is 56.2 Å². The van der Waals surface area contributed by atoms with Crippen LogP contribution in [0.2, 0.25) is 0 Å². The van der Waals surface area contributed by atoms with E-state index in [0.717, 1.165) is 12.0 Å². The summed E-state index contributed by atoms with van der Waals surface area (Å²) in [4.78, 5) is 20.6. The molecule has 160 valence electrons. The number of rotatable bonds is 4. The molecule has 6 nitrogen and oxygen atoms in total. The lowest BCUT2D eigenvalue weighted by Gasteiger charge is -2.29. The lowest BCUT2D eigenvalue weighted by Crippen LogP contribution is -2.36. The zero-order chi connectivity index (χ0) is 21.1. The molecule has 2 aromatic rings. The number of hydrogen-bond acceptors (Lipinski definition) is 5. The number of carbonyl (C=O) groups excluding carboxylic acids is 1. The minimum atomic E-state index is -4.89. The van der Waals surface area contributed by atoms with Crippen molar-refractivity contribution >= 4 is 11.6 Å². The summed E-state index contributed by atoms with van der Waals surface area (Å²) >= 11 is 0. The number of hydrogen-bond donors (Lipinski definition) is 0. The molecule has 3 heterocycles. The molecule has 1 aromatic heterocycles. The standard InChI is InChI=1S/C21H22F3N3O3/c22-21(23,24)30-19-12-17(26-8-10-29-11-9-26)3-4-18(19)20(28)27-7-5-16(14-27)15-2-1-6-25-13-15/h1-4,6,12-13,16H,5,7-11,14H2. The van der Waals surface area contributed by atoms with E-state index in [1.54, 1.807) is 23.4 Å². The summed E-state index contributed by atoms with van der Waals surface area (Å²) in [6.45, 7) is 3.03. The number of carbonyl (C=O) groups is 1. The third-order valence-corrected chi connectivity index (χ3v) is 5.43. The Morgan fingerprint density at radius 2 is 1.97 bits per heavy atom. The zero-order valence-electron chi connectivity index (χ0n) is 16.3. The third kappa shape index (κ3) is 4.67. The van der Waals surface area contributed by atoms with Crippen molar-refractivity contribution in [2.24, 2.45) is 0 Å². The number of halogens is 3. The van der Waals surface area contributed by atoms with Crippen molar-refractivity contribution < 1.29 is 27.4 Å². The van der Waals surface area contributed by atoms with Crippen LogP contribution >= 0.6 is 0 Å². The molecule has 0 saturated carbocycles. The average molecular weight is 421 g/mol. The second-order valence-electron chi connectivity index (χ2n) is 7.35. The van der Waals surface area contributed by atoms with E-state index in [4.69, 9.17) is 4.74 Å². The van der Waals surface area contributed by atoms with Crippen LogP contribution in [0.15, 0.2) is 42.7 Å². The first-order valence-electron chi connectivity index (χ1n) is 9.82. The quantitative estimate of drug-likeness (QED) is 0.757. The molecule has 9 heteroatoms. The number of pyridine rings is 1. The van der Waals surface area contributed by atoms with Crippen LogP contribution in [0.5, 0.6) is 5.75 Å². The highest BCUT2D eigenvalue weighted by molar-refractivity contribution is 5.97. The number of alkyl halides is 3. The van der Waals surface area contributed by atoms with Crippen molar-refractivity contribution in [3.05, 3.63) is 53.9 Å². The highest BCUT2D eigenvalue weighted by Crippen LogP contribution is 2.34. The van der Waals surface area contributed by atoms with Gasteiger partial charge in [0.15, 0.2) is 0 Å². The molecular formula is C21H22F3N3O3. The second kappa shape index (κ2) is 8.51. The van der Waals surface area contributed by atoms with Gasteiger partial charge in [-0.25, -0.2) is 0 Å². The molecule has 1 atom stereocenters. The highest BCUT2D eigenvalue weighted by Gasteiger charge is 2.35. The SMILES string of the molecule is O=C(c1ccc(N2CCOCC2)cc1OC(F)(F)F)N1CCC(c2cccnc2)C1. The molecule has 0 bridgehead atoms. The maximum absolute atomic E-state index is 13.0. The molecule has 2 aliphatic rings. The number of aromatic nitrogens is 1. The van der Waals surface area contributed by atoms with Crippen molar-refractivity contribution in [3.8, 4) is 5.75 Å². The van der Waals surface area contributed by atoms with E-state index in [0.29, 0.717) is 45.1 Å². The van der Waals surface area contributed by atoms with E-state index in [-0.39, 0.29) is 11.5 Å². The van der Waals surface area contributed by atoms with E-state index in [2.05, 4.69) is 9.72 Å². The smallest absolute Gasteiger partial charge is 0.405 e. The summed E-state index contributed by atoms with van der Waals surface area (Å²) in [7, 11) is 0. The lowest BCUT2D eigenvalue weighted by atomic mass is 10.0. The van der Waals surface area contributed by atoms with Gasteiger partial charge in [0.2, 0.25) is 0 Å². The first-order valence-corrected chi connectivity index (χ1v) is 9.82. The molecule has 2 aliphatic heterocycles. The predicted octanol–water partition coefficient (Wildman–Crippen LogP) is 3.45. The Hall–Kier alpha value is -2.81. The zero-order valence-corrected chi connectivity index (χ0v) is 16.3. The van der Waals surface area contributed by atoms with Crippen LogP contribution in [0.25, 0.3) is 0 Å². The molecule has 2 saturated heterocycles. The van der Waals surface area contributed by atoms with Crippen molar-refractivity contribution in [1.82, 2.24) is 9.88 Å².